The lowest BCUT2D eigenvalue weighted by atomic mass is 9.95. The topological polar surface area (TPSA) is 32.5 Å². The number of hydrogen-bond acceptors (Lipinski definition) is 4. The first kappa shape index (κ1) is 15.8. The summed E-state index contributed by atoms with van der Waals surface area (Å²) in [5.41, 5.74) is 3.76. The summed E-state index contributed by atoms with van der Waals surface area (Å²) in [6.45, 7) is 14.2. The van der Waals surface area contributed by atoms with Crippen molar-refractivity contribution in [1.82, 2.24) is 15.0 Å². The fraction of sp³-hybridized carbons (Fsp3) is 0.722. The highest BCUT2D eigenvalue weighted by Crippen LogP contribution is 2.29. The molecule has 0 unspecified atom stereocenters. The van der Waals surface area contributed by atoms with E-state index in [0.717, 1.165) is 30.5 Å². The Morgan fingerprint density at radius 2 is 2.05 bits per heavy atom. The summed E-state index contributed by atoms with van der Waals surface area (Å²) in [7, 11) is 0. The van der Waals surface area contributed by atoms with E-state index in [1.54, 1.807) is 0 Å². The van der Waals surface area contributed by atoms with E-state index in [4.69, 9.17) is 4.52 Å². The third-order valence-corrected chi connectivity index (χ3v) is 5.20. The molecule has 1 aromatic rings. The number of piperidine rings is 1. The summed E-state index contributed by atoms with van der Waals surface area (Å²) in [6, 6.07) is 0.704. The monoisotopic (exact) mass is 303 g/mol. The van der Waals surface area contributed by atoms with E-state index in [-0.39, 0.29) is 0 Å². The Balaban J connectivity index is 1.68. The molecule has 0 spiro atoms. The number of aromatic nitrogens is 1. The molecule has 4 heteroatoms. The second-order valence-electron chi connectivity index (χ2n) is 7.33. The zero-order chi connectivity index (χ0) is 15.7. The minimum absolute atomic E-state index is 0.704. The molecule has 4 nitrogen and oxygen atoms in total. The number of aryl methyl sites for hydroxylation is 2. The molecule has 0 N–H and O–H groups in total. The summed E-state index contributed by atoms with van der Waals surface area (Å²) < 4.78 is 5.33. The van der Waals surface area contributed by atoms with Crippen molar-refractivity contribution in [3.8, 4) is 0 Å². The molecule has 3 aliphatic heterocycles. The molecule has 122 valence electrons. The lowest BCUT2D eigenvalue weighted by Crippen LogP contribution is -2.43. The van der Waals surface area contributed by atoms with Crippen LogP contribution >= 0.6 is 0 Å². The zero-order valence-electron chi connectivity index (χ0n) is 14.4. The molecular weight excluding hydrogens is 274 g/mol. The third kappa shape index (κ3) is 3.44. The van der Waals surface area contributed by atoms with Gasteiger partial charge in [-0.15, -0.1) is 0 Å². The maximum absolute atomic E-state index is 5.33. The second-order valence-corrected chi connectivity index (χ2v) is 7.33. The van der Waals surface area contributed by atoms with Gasteiger partial charge in [-0.05, 0) is 46.5 Å². The Bertz CT molecular complexity index is 525. The van der Waals surface area contributed by atoms with Crippen molar-refractivity contribution < 1.29 is 4.52 Å². The van der Waals surface area contributed by atoms with Crippen LogP contribution in [-0.2, 0) is 6.54 Å². The number of rotatable bonds is 4. The van der Waals surface area contributed by atoms with Gasteiger partial charge >= 0.3 is 0 Å². The lowest BCUT2D eigenvalue weighted by molar-refractivity contribution is 0.146. The predicted molar refractivity (Wildman–Crippen MR) is 88.8 cm³/mol. The molecule has 0 aliphatic carbocycles. The van der Waals surface area contributed by atoms with E-state index < -0.39 is 0 Å². The van der Waals surface area contributed by atoms with Crippen LogP contribution in [0.4, 0.5) is 0 Å². The molecule has 4 rings (SSSR count). The highest BCUT2D eigenvalue weighted by Gasteiger charge is 2.34. The smallest absolute Gasteiger partial charge is 0.138 e. The number of hydrogen-bond donors (Lipinski definition) is 0. The SMILES string of the molecule is CC(C)=CCN1C[C@@H]2CC[C@H]1CN(Cc1c(C)noc1C)C2. The van der Waals surface area contributed by atoms with Crippen molar-refractivity contribution in [3.63, 3.8) is 0 Å². The summed E-state index contributed by atoms with van der Waals surface area (Å²) >= 11 is 0. The number of fused-ring (bicyclic) bond motifs is 4. The quantitative estimate of drug-likeness (QED) is 0.800. The maximum atomic E-state index is 5.33. The minimum atomic E-state index is 0.704. The van der Waals surface area contributed by atoms with Crippen molar-refractivity contribution in [2.24, 2.45) is 5.92 Å². The zero-order valence-corrected chi connectivity index (χ0v) is 14.4. The van der Waals surface area contributed by atoms with Gasteiger partial charge in [0.15, 0.2) is 0 Å². The number of allylic oxidation sites excluding steroid dienone is 1. The highest BCUT2D eigenvalue weighted by molar-refractivity contribution is 5.20. The number of nitrogens with zero attached hydrogens (tertiary/aromatic N) is 3. The normalized spacial score (nSPS) is 26.2. The van der Waals surface area contributed by atoms with Crippen molar-refractivity contribution in [1.29, 1.82) is 0 Å². The first-order chi connectivity index (χ1) is 10.5. The van der Waals surface area contributed by atoms with E-state index >= 15 is 0 Å². The third-order valence-electron chi connectivity index (χ3n) is 5.20. The lowest BCUT2D eigenvalue weighted by Gasteiger charge is -2.35. The van der Waals surface area contributed by atoms with Crippen LogP contribution < -0.4 is 0 Å². The predicted octanol–water partition coefficient (Wildman–Crippen LogP) is 3.15. The van der Waals surface area contributed by atoms with Gasteiger partial charge in [0.25, 0.3) is 0 Å². The van der Waals surface area contributed by atoms with Crippen molar-refractivity contribution in [3.05, 3.63) is 28.7 Å². The van der Waals surface area contributed by atoms with Crippen LogP contribution in [0.5, 0.6) is 0 Å². The molecule has 1 aromatic heterocycles. The van der Waals surface area contributed by atoms with E-state index in [2.05, 4.69) is 41.8 Å². The van der Waals surface area contributed by atoms with E-state index in [1.807, 2.05) is 6.92 Å². The average molecular weight is 303 g/mol. The Kier molecular flexibility index (Phi) is 4.69. The van der Waals surface area contributed by atoms with Gasteiger partial charge in [0.1, 0.15) is 5.76 Å². The van der Waals surface area contributed by atoms with E-state index in [9.17, 15) is 0 Å². The second kappa shape index (κ2) is 6.55. The van der Waals surface area contributed by atoms with E-state index in [1.165, 1.54) is 43.6 Å². The molecule has 0 aromatic carbocycles. The van der Waals surface area contributed by atoms with Crippen LogP contribution in [0.3, 0.4) is 0 Å². The average Bonchev–Trinajstić information content (AvgIpc) is 2.68. The van der Waals surface area contributed by atoms with Crippen molar-refractivity contribution >= 4 is 0 Å². The van der Waals surface area contributed by atoms with Gasteiger partial charge < -0.3 is 4.52 Å². The highest BCUT2D eigenvalue weighted by atomic mass is 16.5. The molecule has 0 radical (unpaired) electrons. The molecule has 0 saturated carbocycles. The van der Waals surface area contributed by atoms with Crippen molar-refractivity contribution in [2.45, 2.75) is 53.1 Å². The van der Waals surface area contributed by atoms with Gasteiger partial charge in [0, 0.05) is 44.3 Å². The van der Waals surface area contributed by atoms with Crippen LogP contribution in [0.15, 0.2) is 16.2 Å². The first-order valence-electron chi connectivity index (χ1n) is 8.54. The standard InChI is InChI=1S/C18H29N3O/c1-13(2)7-8-21-10-16-5-6-17(21)11-20(9-16)12-18-14(3)19-22-15(18)4/h7,16-17H,5-6,8-12H2,1-4H3/t16-,17+/m1/s1. The van der Waals surface area contributed by atoms with E-state index in [0.29, 0.717) is 6.04 Å². The summed E-state index contributed by atoms with van der Waals surface area (Å²) in [5, 5.41) is 4.10. The van der Waals surface area contributed by atoms with Crippen LogP contribution in [0.1, 0.15) is 43.7 Å². The molecule has 0 amide bonds. The van der Waals surface area contributed by atoms with Gasteiger partial charge in [0.05, 0.1) is 5.69 Å². The summed E-state index contributed by atoms with van der Waals surface area (Å²) in [4.78, 5) is 5.31. The Hall–Kier alpha value is -1.13. The van der Waals surface area contributed by atoms with Gasteiger partial charge in [-0.2, -0.15) is 0 Å². The van der Waals surface area contributed by atoms with Crippen molar-refractivity contribution in [2.75, 3.05) is 26.2 Å². The van der Waals surface area contributed by atoms with Crippen LogP contribution in [0.2, 0.25) is 0 Å². The maximum Gasteiger partial charge on any atom is 0.138 e. The minimum Gasteiger partial charge on any atom is -0.361 e. The van der Waals surface area contributed by atoms with Crippen LogP contribution in [-0.4, -0.2) is 47.2 Å². The molecular formula is C18H29N3O. The molecule has 3 fully saturated rings. The van der Waals surface area contributed by atoms with Crippen LogP contribution in [0.25, 0.3) is 0 Å². The summed E-state index contributed by atoms with van der Waals surface area (Å²) in [5.74, 6) is 1.79. The Labute approximate surface area is 134 Å². The van der Waals surface area contributed by atoms with Crippen LogP contribution in [0, 0.1) is 19.8 Å². The van der Waals surface area contributed by atoms with Gasteiger partial charge in [-0.25, -0.2) is 0 Å². The fourth-order valence-corrected chi connectivity index (χ4v) is 3.88. The Morgan fingerprint density at radius 3 is 2.73 bits per heavy atom. The fourth-order valence-electron chi connectivity index (χ4n) is 3.88. The van der Waals surface area contributed by atoms with Gasteiger partial charge in [0.2, 0.25) is 0 Å². The van der Waals surface area contributed by atoms with Gasteiger partial charge in [-0.3, -0.25) is 9.80 Å². The molecule has 2 bridgehead atoms. The van der Waals surface area contributed by atoms with Gasteiger partial charge in [-0.1, -0.05) is 16.8 Å². The summed E-state index contributed by atoms with van der Waals surface area (Å²) in [6.07, 6.45) is 5.10. The Morgan fingerprint density at radius 1 is 1.23 bits per heavy atom. The first-order valence-corrected chi connectivity index (χ1v) is 8.54. The molecule has 22 heavy (non-hydrogen) atoms. The molecule has 3 aliphatic rings. The largest absolute Gasteiger partial charge is 0.361 e. The molecule has 2 atom stereocenters. The molecule has 3 saturated heterocycles. The molecule has 4 heterocycles.